The summed E-state index contributed by atoms with van der Waals surface area (Å²) in [5.74, 6) is -0.432. The van der Waals surface area contributed by atoms with E-state index >= 15 is 0 Å². The Kier molecular flexibility index (Phi) is 8.36. The van der Waals surface area contributed by atoms with Crippen molar-refractivity contribution in [3.05, 3.63) is 48.9 Å². The third-order valence-corrected chi connectivity index (χ3v) is 7.60. The van der Waals surface area contributed by atoms with Crippen LogP contribution in [0.2, 0.25) is 0 Å². The number of anilines is 1. The molecule has 13 nitrogen and oxygen atoms in total. The number of nitrogen functional groups attached to an aromatic ring is 1. The van der Waals surface area contributed by atoms with Gasteiger partial charge in [-0.25, -0.2) is 14.5 Å². The number of nitrogens with zero attached hydrogens (tertiary/aromatic N) is 3. The lowest BCUT2D eigenvalue weighted by atomic mass is 10.1. The van der Waals surface area contributed by atoms with Crippen LogP contribution in [0.3, 0.4) is 0 Å². The molecule has 0 bridgehead atoms. The first kappa shape index (κ1) is 28.0. The van der Waals surface area contributed by atoms with Crippen LogP contribution in [-0.4, -0.2) is 67.3 Å². The number of aromatic nitrogens is 3. The molecule has 5 unspecified atom stereocenters. The molecule has 3 heterocycles. The second-order valence-corrected chi connectivity index (χ2v) is 10.9. The fourth-order valence-corrected chi connectivity index (χ4v) is 5.74. The monoisotopic (exact) mass is 549 g/mol. The summed E-state index contributed by atoms with van der Waals surface area (Å²) in [6.07, 6.45) is -3.61. The predicted molar refractivity (Wildman–Crippen MR) is 137 cm³/mol. The van der Waals surface area contributed by atoms with Crippen molar-refractivity contribution in [2.24, 2.45) is 0 Å². The summed E-state index contributed by atoms with van der Waals surface area (Å²) in [6.45, 7) is 6.35. The predicted octanol–water partition coefficient (Wildman–Crippen LogP) is 2.15. The first-order chi connectivity index (χ1) is 18.0. The van der Waals surface area contributed by atoms with Crippen LogP contribution in [0.15, 0.2) is 48.9 Å². The molecule has 1 saturated heterocycles. The molecule has 2 aromatic heterocycles. The number of nitrogens with two attached hydrogens (primary N) is 1. The summed E-state index contributed by atoms with van der Waals surface area (Å²) >= 11 is 0. The Morgan fingerprint density at radius 2 is 1.84 bits per heavy atom. The van der Waals surface area contributed by atoms with E-state index in [1.54, 1.807) is 50.2 Å². The maximum Gasteiger partial charge on any atom is 0.459 e. The zero-order valence-corrected chi connectivity index (χ0v) is 22.3. The molecule has 0 saturated carbocycles. The van der Waals surface area contributed by atoms with E-state index in [0.29, 0.717) is 16.9 Å². The van der Waals surface area contributed by atoms with Gasteiger partial charge in [-0.1, -0.05) is 18.2 Å². The maximum atomic E-state index is 13.9. The molecule has 1 fully saturated rings. The van der Waals surface area contributed by atoms with Crippen LogP contribution in [0.5, 0.6) is 5.75 Å². The van der Waals surface area contributed by atoms with Gasteiger partial charge in [-0.3, -0.25) is 13.9 Å². The quantitative estimate of drug-likeness (QED) is 0.214. The van der Waals surface area contributed by atoms with Crippen LogP contribution in [-0.2, 0) is 23.4 Å². The third kappa shape index (κ3) is 5.98. The average molecular weight is 550 g/mol. The van der Waals surface area contributed by atoms with Crippen LogP contribution in [0.1, 0.15) is 33.9 Å². The van der Waals surface area contributed by atoms with Gasteiger partial charge in [0, 0.05) is 6.20 Å². The minimum atomic E-state index is -4.25. The lowest BCUT2D eigenvalue weighted by molar-refractivity contribution is -0.149. The van der Waals surface area contributed by atoms with Crippen molar-refractivity contribution >= 4 is 30.6 Å². The number of pyridine rings is 1. The van der Waals surface area contributed by atoms with Gasteiger partial charge in [0.25, 0.3) is 0 Å². The third-order valence-electron chi connectivity index (χ3n) is 5.84. The van der Waals surface area contributed by atoms with Gasteiger partial charge in [0.2, 0.25) is 0 Å². The van der Waals surface area contributed by atoms with E-state index in [-0.39, 0.29) is 11.9 Å². The minimum absolute atomic E-state index is 0.222. The Labute approximate surface area is 219 Å². The van der Waals surface area contributed by atoms with E-state index in [0.717, 1.165) is 0 Å². The fraction of sp³-hybridized carbons (Fsp3) is 0.458. The Morgan fingerprint density at radius 3 is 2.53 bits per heavy atom. The number of carbonyl (C=O) groups is 1. The molecule has 206 valence electrons. The van der Waals surface area contributed by atoms with E-state index in [1.807, 2.05) is 0 Å². The molecule has 3 aromatic rings. The van der Waals surface area contributed by atoms with Gasteiger partial charge in [0.05, 0.1) is 24.2 Å². The highest BCUT2D eigenvalue weighted by Crippen LogP contribution is 2.48. The molecule has 38 heavy (non-hydrogen) atoms. The van der Waals surface area contributed by atoms with E-state index in [2.05, 4.69) is 15.1 Å². The number of rotatable bonds is 10. The molecule has 1 aromatic carbocycles. The largest absolute Gasteiger partial charge is 0.462 e. The van der Waals surface area contributed by atoms with Gasteiger partial charge in [-0.15, -0.1) is 0 Å². The van der Waals surface area contributed by atoms with Gasteiger partial charge < -0.3 is 29.9 Å². The zero-order chi connectivity index (χ0) is 27.6. The molecule has 0 spiro atoms. The summed E-state index contributed by atoms with van der Waals surface area (Å²) in [6, 6.07) is 8.80. The molecule has 0 radical (unpaired) electrons. The van der Waals surface area contributed by atoms with Crippen LogP contribution < -0.4 is 15.3 Å². The number of benzene rings is 1. The molecule has 1 aliphatic rings. The molecule has 5 N–H and O–H groups in total. The minimum Gasteiger partial charge on any atom is -0.462 e. The van der Waals surface area contributed by atoms with Gasteiger partial charge >= 0.3 is 13.7 Å². The molecular weight excluding hydrogens is 517 g/mol. The topological polar surface area (TPSA) is 180 Å². The fourth-order valence-electron chi connectivity index (χ4n) is 4.04. The Morgan fingerprint density at radius 1 is 1.13 bits per heavy atom. The lowest BCUT2D eigenvalue weighted by Gasteiger charge is -2.28. The number of imidazole rings is 1. The molecule has 4 rings (SSSR count). The normalized spacial score (nSPS) is 24.7. The smallest absolute Gasteiger partial charge is 0.459 e. The van der Waals surface area contributed by atoms with Gasteiger partial charge in [-0.05, 0) is 45.9 Å². The van der Waals surface area contributed by atoms with Crippen molar-refractivity contribution in [2.75, 3.05) is 5.73 Å². The lowest BCUT2D eigenvalue weighted by Crippen LogP contribution is -2.41. The molecule has 1 aliphatic heterocycles. The standard InChI is InChI=1S/C24H32N5O8P/c1-13(2)34-24(32)14(3)28-38(33,37-16-8-6-5-7-9-16)36-15(4)21-19(30)20(31)23(35-21)29-12-27-18-17(25)10-11-26-22(18)29/h5-15,19-21,23,30-31H,1-4H3,(H2,25,26)(H,28,33)/t14?,15?,19?,20?,21-,23-,38?/m1/s1. The molecule has 14 heteroatoms. The van der Waals surface area contributed by atoms with Crippen molar-refractivity contribution in [3.63, 3.8) is 0 Å². The number of nitrogens with one attached hydrogen (secondary N) is 1. The summed E-state index contributed by atoms with van der Waals surface area (Å²) < 4.78 is 37.9. The van der Waals surface area contributed by atoms with Gasteiger partial charge in [0.1, 0.15) is 35.6 Å². The van der Waals surface area contributed by atoms with Crippen LogP contribution in [0, 0.1) is 0 Å². The summed E-state index contributed by atoms with van der Waals surface area (Å²) in [4.78, 5) is 20.9. The number of hydrogen-bond donors (Lipinski definition) is 4. The Bertz CT molecular complexity index is 1310. The zero-order valence-electron chi connectivity index (χ0n) is 21.4. The van der Waals surface area contributed by atoms with Crippen LogP contribution in [0.4, 0.5) is 5.69 Å². The van der Waals surface area contributed by atoms with Crippen molar-refractivity contribution in [2.45, 2.75) is 70.5 Å². The summed E-state index contributed by atoms with van der Waals surface area (Å²) in [5.41, 5.74) is 7.12. The molecule has 7 atom stereocenters. The first-order valence-corrected chi connectivity index (χ1v) is 13.6. The van der Waals surface area contributed by atoms with E-state index in [1.165, 1.54) is 30.9 Å². The average Bonchev–Trinajstić information content (AvgIpc) is 3.41. The van der Waals surface area contributed by atoms with Crippen molar-refractivity contribution in [1.29, 1.82) is 0 Å². The van der Waals surface area contributed by atoms with Crippen LogP contribution >= 0.6 is 7.75 Å². The maximum absolute atomic E-state index is 13.9. The number of aliphatic hydroxyl groups excluding tert-OH is 2. The second kappa shape index (κ2) is 11.4. The summed E-state index contributed by atoms with van der Waals surface area (Å²) in [5, 5.41) is 24.2. The van der Waals surface area contributed by atoms with Crippen molar-refractivity contribution in [1.82, 2.24) is 19.6 Å². The van der Waals surface area contributed by atoms with Crippen molar-refractivity contribution < 1.29 is 38.1 Å². The number of ether oxygens (including phenoxy) is 2. The van der Waals surface area contributed by atoms with E-state index in [9.17, 15) is 19.6 Å². The number of aliphatic hydroxyl groups is 2. The van der Waals surface area contributed by atoms with Gasteiger partial charge in [-0.2, -0.15) is 5.09 Å². The number of para-hydroxylation sites is 1. The molecule has 0 aliphatic carbocycles. The number of fused-ring (bicyclic) bond motifs is 1. The Balaban J connectivity index is 1.55. The second-order valence-electron chi connectivity index (χ2n) is 9.25. The van der Waals surface area contributed by atoms with Gasteiger partial charge in [0.15, 0.2) is 11.9 Å². The van der Waals surface area contributed by atoms with Crippen LogP contribution in [0.25, 0.3) is 11.2 Å². The highest BCUT2D eigenvalue weighted by Gasteiger charge is 2.49. The number of esters is 1. The SMILES string of the molecule is CC(C)OC(=O)C(C)NP(=O)(Oc1ccccc1)OC(C)[C@H]1O[C@@H](n2cnc3c(N)ccnc32)C(O)C1O. The summed E-state index contributed by atoms with van der Waals surface area (Å²) in [7, 11) is -4.25. The van der Waals surface area contributed by atoms with E-state index in [4.69, 9.17) is 24.3 Å². The first-order valence-electron chi connectivity index (χ1n) is 12.1. The number of hydrogen-bond acceptors (Lipinski definition) is 11. The Hall–Kier alpha value is -3.06. The van der Waals surface area contributed by atoms with Crippen molar-refractivity contribution in [3.8, 4) is 5.75 Å². The highest BCUT2D eigenvalue weighted by molar-refractivity contribution is 7.52. The van der Waals surface area contributed by atoms with E-state index < -0.39 is 50.4 Å². The highest BCUT2D eigenvalue weighted by atomic mass is 31.2. The molecular formula is C24H32N5O8P. The number of carbonyl (C=O) groups excluding carboxylic acids is 1. The molecule has 0 amide bonds.